The number of amides is 2. The van der Waals surface area contributed by atoms with Crippen LogP contribution in [0.4, 0.5) is 5.69 Å². The van der Waals surface area contributed by atoms with Crippen molar-refractivity contribution in [1.29, 1.82) is 0 Å². The fraction of sp³-hybridized carbons (Fsp3) is 0.286. The van der Waals surface area contributed by atoms with Crippen molar-refractivity contribution in [2.45, 2.75) is 26.2 Å². The Kier molecular flexibility index (Phi) is 8.04. The minimum absolute atomic E-state index is 0.0183. The Hall–Kier alpha value is -3.75. The van der Waals surface area contributed by atoms with Crippen LogP contribution in [0, 0.1) is 16.0 Å². The molecule has 0 aromatic heterocycles. The van der Waals surface area contributed by atoms with Crippen LogP contribution in [0.15, 0.2) is 54.6 Å². The number of carbonyl (C=O) groups excluding carboxylic acids is 3. The van der Waals surface area contributed by atoms with Gasteiger partial charge in [0.05, 0.1) is 10.8 Å². The van der Waals surface area contributed by atoms with Crippen LogP contribution in [0.25, 0.3) is 0 Å². The van der Waals surface area contributed by atoms with Gasteiger partial charge in [-0.15, -0.1) is 0 Å². The van der Waals surface area contributed by atoms with E-state index in [9.17, 15) is 24.5 Å². The van der Waals surface area contributed by atoms with Crippen LogP contribution in [0.1, 0.15) is 42.1 Å². The van der Waals surface area contributed by atoms with E-state index < -0.39 is 35.2 Å². The number of hydrogen-bond acceptors (Lipinski definition) is 6. The molecule has 2 aromatic carbocycles. The third-order valence-corrected chi connectivity index (χ3v) is 4.63. The number of benzene rings is 2. The van der Waals surface area contributed by atoms with Crippen LogP contribution in [-0.2, 0) is 14.3 Å². The van der Waals surface area contributed by atoms with Gasteiger partial charge in [0.2, 0.25) is 0 Å². The van der Waals surface area contributed by atoms with E-state index >= 15 is 0 Å². The second-order valence-electron chi connectivity index (χ2n) is 6.69. The fourth-order valence-electron chi connectivity index (χ4n) is 2.79. The van der Waals surface area contributed by atoms with Crippen LogP contribution >= 0.6 is 0 Å². The van der Waals surface area contributed by atoms with Crippen molar-refractivity contribution >= 4 is 23.5 Å². The van der Waals surface area contributed by atoms with Gasteiger partial charge in [-0.25, -0.2) is 0 Å². The van der Waals surface area contributed by atoms with Gasteiger partial charge in [-0.05, 0) is 23.6 Å². The molecule has 2 amide bonds. The van der Waals surface area contributed by atoms with Crippen molar-refractivity contribution in [1.82, 2.24) is 10.9 Å². The average molecular weight is 413 g/mol. The average Bonchev–Trinajstić information content (AvgIpc) is 2.76. The molecule has 0 unspecified atom stereocenters. The minimum Gasteiger partial charge on any atom is -0.455 e. The van der Waals surface area contributed by atoms with Crippen LogP contribution in [0.2, 0.25) is 0 Å². The van der Waals surface area contributed by atoms with Crippen molar-refractivity contribution in [2.24, 2.45) is 5.92 Å². The summed E-state index contributed by atoms with van der Waals surface area (Å²) in [5.74, 6) is -2.38. The lowest BCUT2D eigenvalue weighted by atomic mass is 9.86. The van der Waals surface area contributed by atoms with E-state index in [1.165, 1.54) is 24.3 Å². The maximum Gasteiger partial charge on any atom is 0.314 e. The highest BCUT2D eigenvalue weighted by Gasteiger charge is 2.27. The molecule has 2 atom stereocenters. The molecule has 0 saturated heterocycles. The first-order chi connectivity index (χ1) is 14.3. The Morgan fingerprint density at radius 2 is 1.67 bits per heavy atom. The molecule has 0 heterocycles. The normalized spacial score (nSPS) is 12.3. The quantitative estimate of drug-likeness (QED) is 0.389. The van der Waals surface area contributed by atoms with E-state index in [0.717, 1.165) is 12.0 Å². The summed E-state index contributed by atoms with van der Waals surface area (Å²) < 4.78 is 5.15. The van der Waals surface area contributed by atoms with Crippen molar-refractivity contribution in [3.8, 4) is 0 Å². The molecule has 2 N–H and O–H groups in total. The molecule has 0 saturated carbocycles. The van der Waals surface area contributed by atoms with Crippen molar-refractivity contribution in [3.63, 3.8) is 0 Å². The molecule has 0 aliphatic rings. The predicted octanol–water partition coefficient (Wildman–Crippen LogP) is 2.73. The van der Waals surface area contributed by atoms with E-state index in [-0.39, 0.29) is 17.2 Å². The standard InChI is InChI=1S/C21H23N3O6/c1-3-14(2)19(15-7-5-4-6-8-15)21(27)30-13-18(25)22-23-20(26)16-9-11-17(12-10-16)24(28)29/h4-12,14,19H,3,13H2,1-2H3,(H,22,25)(H,23,26)/t14-,19-/m1/s1. The molecule has 0 radical (unpaired) electrons. The Morgan fingerprint density at radius 1 is 1.03 bits per heavy atom. The van der Waals surface area contributed by atoms with Gasteiger partial charge in [-0.2, -0.15) is 0 Å². The van der Waals surface area contributed by atoms with E-state index in [2.05, 4.69) is 10.9 Å². The van der Waals surface area contributed by atoms with Gasteiger partial charge >= 0.3 is 5.97 Å². The molecular weight excluding hydrogens is 390 g/mol. The monoisotopic (exact) mass is 413 g/mol. The molecule has 9 nitrogen and oxygen atoms in total. The highest BCUT2D eigenvalue weighted by atomic mass is 16.6. The first-order valence-corrected chi connectivity index (χ1v) is 9.38. The van der Waals surface area contributed by atoms with E-state index in [1.807, 2.05) is 44.2 Å². The third kappa shape index (κ3) is 6.13. The zero-order valence-corrected chi connectivity index (χ0v) is 16.7. The zero-order chi connectivity index (χ0) is 22.1. The molecule has 2 rings (SSSR count). The summed E-state index contributed by atoms with van der Waals surface area (Å²) in [6, 6.07) is 14.1. The number of nitrogens with one attached hydrogen (secondary N) is 2. The number of nitrogens with zero attached hydrogens (tertiary/aromatic N) is 1. The van der Waals surface area contributed by atoms with Crippen molar-refractivity contribution in [2.75, 3.05) is 6.61 Å². The number of rotatable bonds is 8. The SMILES string of the molecule is CC[C@@H](C)[C@@H](C(=O)OCC(=O)NNC(=O)c1ccc([N+](=O)[O-])cc1)c1ccccc1. The Labute approximate surface area is 173 Å². The smallest absolute Gasteiger partial charge is 0.314 e. The molecular formula is C21H23N3O6. The summed E-state index contributed by atoms with van der Waals surface area (Å²) in [5, 5.41) is 10.6. The Balaban J connectivity index is 1.87. The number of hydrazine groups is 1. The predicted molar refractivity (Wildman–Crippen MR) is 108 cm³/mol. The largest absolute Gasteiger partial charge is 0.455 e. The number of hydrogen-bond donors (Lipinski definition) is 2. The summed E-state index contributed by atoms with van der Waals surface area (Å²) in [4.78, 5) is 46.5. The van der Waals surface area contributed by atoms with Gasteiger partial charge in [0, 0.05) is 17.7 Å². The van der Waals surface area contributed by atoms with Gasteiger partial charge in [-0.3, -0.25) is 35.3 Å². The second-order valence-corrected chi connectivity index (χ2v) is 6.69. The molecule has 0 spiro atoms. The van der Waals surface area contributed by atoms with Crippen LogP contribution < -0.4 is 10.9 Å². The number of ether oxygens (including phenoxy) is 1. The molecule has 0 fully saturated rings. The summed E-state index contributed by atoms with van der Waals surface area (Å²) in [5.41, 5.74) is 5.09. The number of carbonyl (C=O) groups is 3. The molecule has 9 heteroatoms. The lowest BCUT2D eigenvalue weighted by molar-refractivity contribution is -0.384. The summed E-state index contributed by atoms with van der Waals surface area (Å²) in [7, 11) is 0. The maximum absolute atomic E-state index is 12.6. The van der Waals surface area contributed by atoms with Crippen LogP contribution in [0.3, 0.4) is 0 Å². The van der Waals surface area contributed by atoms with Gasteiger partial charge in [0.25, 0.3) is 17.5 Å². The number of nitro benzene ring substituents is 1. The van der Waals surface area contributed by atoms with Crippen LogP contribution in [-0.4, -0.2) is 29.3 Å². The van der Waals surface area contributed by atoms with Gasteiger partial charge in [0.1, 0.15) is 0 Å². The minimum atomic E-state index is -0.713. The van der Waals surface area contributed by atoms with E-state index in [4.69, 9.17) is 4.74 Å². The Bertz CT molecular complexity index is 899. The van der Waals surface area contributed by atoms with E-state index in [1.54, 1.807) is 0 Å². The highest BCUT2D eigenvalue weighted by Crippen LogP contribution is 2.28. The first-order valence-electron chi connectivity index (χ1n) is 9.38. The first kappa shape index (κ1) is 22.5. The number of nitro groups is 1. The molecule has 2 aromatic rings. The van der Waals surface area contributed by atoms with Crippen molar-refractivity contribution < 1.29 is 24.0 Å². The summed E-state index contributed by atoms with van der Waals surface area (Å²) >= 11 is 0. The fourth-order valence-corrected chi connectivity index (χ4v) is 2.79. The number of esters is 1. The van der Waals surface area contributed by atoms with Gasteiger partial charge < -0.3 is 4.74 Å². The van der Waals surface area contributed by atoms with E-state index in [0.29, 0.717) is 0 Å². The summed E-state index contributed by atoms with van der Waals surface area (Å²) in [6.07, 6.45) is 0.756. The van der Waals surface area contributed by atoms with Gasteiger partial charge in [-0.1, -0.05) is 50.6 Å². The molecule has 0 aliphatic carbocycles. The number of non-ortho nitro benzene ring substituents is 1. The lowest BCUT2D eigenvalue weighted by Crippen LogP contribution is -2.43. The maximum atomic E-state index is 12.6. The second kappa shape index (κ2) is 10.7. The highest BCUT2D eigenvalue weighted by molar-refractivity contribution is 5.95. The topological polar surface area (TPSA) is 128 Å². The zero-order valence-electron chi connectivity index (χ0n) is 16.7. The van der Waals surface area contributed by atoms with Crippen molar-refractivity contribution in [3.05, 3.63) is 75.8 Å². The lowest BCUT2D eigenvalue weighted by Gasteiger charge is -2.21. The molecule has 158 valence electrons. The van der Waals surface area contributed by atoms with Gasteiger partial charge in [0.15, 0.2) is 6.61 Å². The third-order valence-electron chi connectivity index (χ3n) is 4.63. The van der Waals surface area contributed by atoms with Crippen LogP contribution in [0.5, 0.6) is 0 Å². The molecule has 30 heavy (non-hydrogen) atoms. The Morgan fingerprint density at radius 3 is 2.23 bits per heavy atom. The molecule has 0 bridgehead atoms. The molecule has 0 aliphatic heterocycles. The summed E-state index contributed by atoms with van der Waals surface area (Å²) in [6.45, 7) is 3.34.